The molecular weight excluding hydrogens is 348 g/mol. The molecule has 0 radical (unpaired) electrons. The summed E-state index contributed by atoms with van der Waals surface area (Å²) >= 11 is 12.7. The van der Waals surface area contributed by atoms with E-state index in [1.54, 1.807) is 30.5 Å². The fraction of sp³-hybridized carbons (Fsp3) is 0.0556. The Labute approximate surface area is 148 Å². The van der Waals surface area contributed by atoms with Gasteiger partial charge in [-0.1, -0.05) is 40.3 Å². The molecule has 0 fully saturated rings. The van der Waals surface area contributed by atoms with Gasteiger partial charge in [0.1, 0.15) is 30.4 Å². The van der Waals surface area contributed by atoms with Gasteiger partial charge in [0.2, 0.25) is 0 Å². The third-order valence-electron chi connectivity index (χ3n) is 3.90. The third kappa shape index (κ3) is 2.39. The zero-order valence-electron chi connectivity index (χ0n) is 12.4. The summed E-state index contributed by atoms with van der Waals surface area (Å²) in [5.41, 5.74) is 2.23. The number of hydrogen-bond donors (Lipinski definition) is 0. The normalized spacial score (nSPS) is 12.9. The first kappa shape index (κ1) is 15.2. The van der Waals surface area contributed by atoms with Crippen LogP contribution in [-0.4, -0.2) is 10.7 Å². The Morgan fingerprint density at radius 1 is 1.04 bits per heavy atom. The quantitative estimate of drug-likeness (QED) is 0.600. The maximum atomic E-state index is 14.4. The maximum absolute atomic E-state index is 14.4. The average molecular weight is 359 g/mol. The smallest absolute Gasteiger partial charge is 0.271 e. The lowest BCUT2D eigenvalue weighted by atomic mass is 10.00. The van der Waals surface area contributed by atoms with Crippen LogP contribution in [0.15, 0.2) is 59.9 Å². The Bertz CT molecular complexity index is 986. The van der Waals surface area contributed by atoms with Crippen molar-refractivity contribution < 1.29 is 8.96 Å². The van der Waals surface area contributed by atoms with Crippen LogP contribution in [0.25, 0.3) is 5.69 Å². The van der Waals surface area contributed by atoms with Gasteiger partial charge in [0.15, 0.2) is 0 Å². The molecule has 0 N–H and O–H groups in total. The van der Waals surface area contributed by atoms with E-state index in [-0.39, 0.29) is 5.82 Å². The van der Waals surface area contributed by atoms with Gasteiger partial charge < -0.3 is 0 Å². The van der Waals surface area contributed by atoms with Crippen LogP contribution in [0.2, 0.25) is 10.0 Å². The van der Waals surface area contributed by atoms with Gasteiger partial charge in [-0.2, -0.15) is 4.57 Å². The fourth-order valence-corrected chi connectivity index (χ4v) is 3.21. The minimum absolute atomic E-state index is 0.313. The molecule has 1 aliphatic rings. The van der Waals surface area contributed by atoms with Gasteiger partial charge in [-0.25, -0.2) is 4.39 Å². The van der Waals surface area contributed by atoms with Gasteiger partial charge in [-0.3, -0.25) is 4.99 Å². The second-order valence-corrected chi connectivity index (χ2v) is 6.09. The third-order valence-corrected chi connectivity index (χ3v) is 4.70. The van der Waals surface area contributed by atoms with E-state index in [0.29, 0.717) is 33.4 Å². The Balaban J connectivity index is 2.07. The van der Waals surface area contributed by atoms with Crippen molar-refractivity contribution in [3.63, 3.8) is 0 Å². The first-order valence-corrected chi connectivity index (χ1v) is 8.06. The topological polar surface area (TPSA) is 29.1 Å². The predicted octanol–water partition coefficient (Wildman–Crippen LogP) is 4.16. The van der Waals surface area contributed by atoms with Crippen LogP contribution < -0.4 is 4.57 Å². The SMILES string of the molecule is Fc1ccccc1C1=NCc2nccc[n+]2-c2ccc(Cl)c(Cl)c21. The summed E-state index contributed by atoms with van der Waals surface area (Å²) < 4.78 is 16.3. The summed E-state index contributed by atoms with van der Waals surface area (Å²) in [4.78, 5) is 8.96. The first-order valence-electron chi connectivity index (χ1n) is 7.30. The minimum atomic E-state index is -0.359. The van der Waals surface area contributed by atoms with Crippen LogP contribution in [-0.2, 0) is 6.54 Å². The van der Waals surface area contributed by atoms with E-state index < -0.39 is 0 Å². The van der Waals surface area contributed by atoms with Crippen LogP contribution in [0.3, 0.4) is 0 Å². The van der Waals surface area contributed by atoms with Crippen LogP contribution >= 0.6 is 23.2 Å². The summed E-state index contributed by atoms with van der Waals surface area (Å²) in [5, 5.41) is 0.743. The molecule has 4 rings (SSSR count). The molecule has 0 unspecified atom stereocenters. The molecule has 2 aromatic carbocycles. The highest BCUT2D eigenvalue weighted by Crippen LogP contribution is 2.32. The average Bonchev–Trinajstić information content (AvgIpc) is 2.76. The fourth-order valence-electron chi connectivity index (χ4n) is 2.81. The van der Waals surface area contributed by atoms with E-state index in [0.717, 1.165) is 11.5 Å². The van der Waals surface area contributed by atoms with Crippen molar-refractivity contribution in [3.05, 3.63) is 87.7 Å². The number of fused-ring (bicyclic) bond motifs is 3. The molecule has 3 aromatic rings. The second-order valence-electron chi connectivity index (χ2n) is 5.31. The van der Waals surface area contributed by atoms with Crippen molar-refractivity contribution in [3.8, 4) is 5.69 Å². The maximum Gasteiger partial charge on any atom is 0.324 e. The standard InChI is InChI=1S/C18H11Cl2FN3/c19-12-6-7-14-16(17(12)20)18(11-4-1-2-5-13(11)21)23-10-15-22-8-3-9-24(14)15/h1-9H,10H2/q+1. The van der Waals surface area contributed by atoms with Crippen molar-refractivity contribution in [1.82, 2.24) is 4.98 Å². The zero-order valence-corrected chi connectivity index (χ0v) is 13.9. The first-order chi connectivity index (χ1) is 11.7. The molecule has 0 bridgehead atoms. The van der Waals surface area contributed by atoms with E-state index in [1.807, 2.05) is 22.9 Å². The van der Waals surface area contributed by atoms with Gasteiger partial charge in [0.05, 0.1) is 21.3 Å². The van der Waals surface area contributed by atoms with Gasteiger partial charge in [-0.15, -0.1) is 0 Å². The Hall–Kier alpha value is -2.30. The van der Waals surface area contributed by atoms with Crippen LogP contribution in [0.1, 0.15) is 17.0 Å². The summed E-state index contributed by atoms with van der Waals surface area (Å²) in [7, 11) is 0. The number of benzene rings is 2. The van der Waals surface area contributed by atoms with E-state index in [9.17, 15) is 4.39 Å². The van der Waals surface area contributed by atoms with Gasteiger partial charge >= 0.3 is 5.82 Å². The largest absolute Gasteiger partial charge is 0.324 e. The van der Waals surface area contributed by atoms with E-state index >= 15 is 0 Å². The summed E-state index contributed by atoms with van der Waals surface area (Å²) in [6.07, 6.45) is 3.58. The van der Waals surface area contributed by atoms with E-state index in [4.69, 9.17) is 23.2 Å². The highest BCUT2D eigenvalue weighted by Gasteiger charge is 2.28. The molecule has 118 valence electrons. The molecule has 0 aliphatic carbocycles. The van der Waals surface area contributed by atoms with Crippen LogP contribution in [0.5, 0.6) is 0 Å². The molecule has 1 aliphatic heterocycles. The molecule has 0 spiro atoms. The molecule has 0 saturated heterocycles. The Morgan fingerprint density at radius 3 is 2.71 bits per heavy atom. The number of aromatic nitrogens is 2. The number of nitrogens with zero attached hydrogens (tertiary/aromatic N) is 3. The lowest BCUT2D eigenvalue weighted by molar-refractivity contribution is -0.607. The lowest BCUT2D eigenvalue weighted by Gasteiger charge is -2.12. The molecule has 0 amide bonds. The number of halogens is 3. The second kappa shape index (κ2) is 5.96. The van der Waals surface area contributed by atoms with Gasteiger partial charge in [0.25, 0.3) is 0 Å². The van der Waals surface area contributed by atoms with Crippen LogP contribution in [0.4, 0.5) is 4.39 Å². The van der Waals surface area contributed by atoms with Crippen molar-refractivity contribution in [2.45, 2.75) is 6.54 Å². The molecule has 3 nitrogen and oxygen atoms in total. The summed E-state index contributed by atoms with van der Waals surface area (Å²) in [5.74, 6) is 0.380. The molecular formula is C18H11Cl2FN3+. The van der Waals surface area contributed by atoms with Gasteiger partial charge in [0, 0.05) is 11.6 Å². The lowest BCUT2D eigenvalue weighted by Crippen LogP contribution is -2.37. The molecule has 24 heavy (non-hydrogen) atoms. The van der Waals surface area contributed by atoms with E-state index in [2.05, 4.69) is 9.98 Å². The molecule has 0 saturated carbocycles. The summed E-state index contributed by atoms with van der Waals surface area (Å²) in [6.45, 7) is 0.313. The number of aliphatic imine (C=N–C) groups is 1. The highest BCUT2D eigenvalue weighted by atomic mass is 35.5. The molecule has 2 heterocycles. The Kier molecular flexibility index (Phi) is 3.79. The summed E-state index contributed by atoms with van der Waals surface area (Å²) in [6, 6.07) is 11.9. The molecule has 6 heteroatoms. The monoisotopic (exact) mass is 358 g/mol. The zero-order chi connectivity index (χ0) is 16.7. The van der Waals surface area contributed by atoms with Crippen molar-refractivity contribution >= 4 is 28.9 Å². The molecule has 0 atom stereocenters. The highest BCUT2D eigenvalue weighted by molar-refractivity contribution is 6.45. The minimum Gasteiger partial charge on any atom is -0.271 e. The van der Waals surface area contributed by atoms with E-state index in [1.165, 1.54) is 6.07 Å². The predicted molar refractivity (Wildman–Crippen MR) is 91.5 cm³/mol. The van der Waals surface area contributed by atoms with Crippen molar-refractivity contribution in [2.75, 3.05) is 0 Å². The van der Waals surface area contributed by atoms with Crippen molar-refractivity contribution in [2.24, 2.45) is 4.99 Å². The number of hydrogen-bond acceptors (Lipinski definition) is 2. The Morgan fingerprint density at radius 2 is 1.88 bits per heavy atom. The molecule has 1 aromatic heterocycles. The number of rotatable bonds is 1. The van der Waals surface area contributed by atoms with Crippen LogP contribution in [0, 0.1) is 5.82 Å². The van der Waals surface area contributed by atoms with Gasteiger partial charge in [-0.05, 0) is 24.3 Å². The van der Waals surface area contributed by atoms with Crippen molar-refractivity contribution in [1.29, 1.82) is 0 Å².